The molecule has 1 heterocycles. The van der Waals surface area contributed by atoms with Crippen molar-refractivity contribution in [2.75, 3.05) is 0 Å². The van der Waals surface area contributed by atoms with Gasteiger partial charge in [-0.05, 0) is 13.0 Å². The summed E-state index contributed by atoms with van der Waals surface area (Å²) >= 11 is 0. The fourth-order valence-corrected chi connectivity index (χ4v) is 1.17. The van der Waals surface area contributed by atoms with Crippen LogP contribution in [0, 0.1) is 6.92 Å². The van der Waals surface area contributed by atoms with Gasteiger partial charge in [0.25, 0.3) is 0 Å². The minimum absolute atomic E-state index is 0.199. The molecule has 0 aliphatic rings. The monoisotopic (exact) mass is 209 g/mol. The third-order valence-electron chi connectivity index (χ3n) is 1.80. The molecule has 0 aliphatic heterocycles. The summed E-state index contributed by atoms with van der Waals surface area (Å²) < 4.78 is 0. The van der Waals surface area contributed by atoms with Crippen LogP contribution in [-0.2, 0) is 9.59 Å². The summed E-state index contributed by atoms with van der Waals surface area (Å²) in [6, 6.07) is 0.971. The molecule has 0 aromatic carbocycles. The summed E-state index contributed by atoms with van der Waals surface area (Å²) in [7, 11) is 0. The molecule has 15 heavy (non-hydrogen) atoms. The fraction of sp³-hybridized carbons (Fsp3) is 0.333. The lowest BCUT2D eigenvalue weighted by atomic mass is 10.1. The van der Waals surface area contributed by atoms with Crippen molar-refractivity contribution in [2.45, 2.75) is 19.4 Å². The lowest BCUT2D eigenvalue weighted by molar-refractivity contribution is -0.137. The third kappa shape index (κ3) is 3.34. The fourth-order valence-electron chi connectivity index (χ4n) is 1.17. The first-order valence-corrected chi connectivity index (χ1v) is 4.34. The van der Waals surface area contributed by atoms with Crippen LogP contribution in [0.25, 0.3) is 0 Å². The number of carbonyl (C=O) groups is 2. The van der Waals surface area contributed by atoms with Gasteiger partial charge in [0.2, 0.25) is 6.41 Å². The van der Waals surface area contributed by atoms with Gasteiger partial charge in [-0.25, -0.2) is 9.97 Å². The summed E-state index contributed by atoms with van der Waals surface area (Å²) in [5.41, 5.74) is 0.497. The van der Waals surface area contributed by atoms with Crippen LogP contribution >= 0.6 is 0 Å². The Balaban J connectivity index is 2.87. The van der Waals surface area contributed by atoms with E-state index in [2.05, 4.69) is 15.3 Å². The van der Waals surface area contributed by atoms with Gasteiger partial charge < -0.3 is 10.4 Å². The van der Waals surface area contributed by atoms with Gasteiger partial charge in [0.15, 0.2) is 0 Å². The van der Waals surface area contributed by atoms with Gasteiger partial charge in [0.05, 0.1) is 18.2 Å². The van der Waals surface area contributed by atoms with Crippen molar-refractivity contribution < 1.29 is 14.7 Å². The summed E-state index contributed by atoms with van der Waals surface area (Å²) in [6.45, 7) is 1.70. The Hall–Kier alpha value is -1.98. The van der Waals surface area contributed by atoms with E-state index in [1.54, 1.807) is 13.0 Å². The molecule has 1 amide bonds. The number of carboxylic acids is 1. The van der Waals surface area contributed by atoms with Crippen LogP contribution in [0.3, 0.4) is 0 Å². The quantitative estimate of drug-likeness (QED) is 0.668. The smallest absolute Gasteiger partial charge is 0.305 e. The second-order valence-electron chi connectivity index (χ2n) is 2.96. The van der Waals surface area contributed by atoms with Crippen molar-refractivity contribution in [3.05, 3.63) is 23.8 Å². The number of nitrogens with one attached hydrogen (secondary N) is 1. The highest BCUT2D eigenvalue weighted by Gasteiger charge is 2.15. The van der Waals surface area contributed by atoms with E-state index in [0.717, 1.165) is 0 Å². The van der Waals surface area contributed by atoms with E-state index in [1.165, 1.54) is 6.20 Å². The molecule has 0 aliphatic carbocycles. The maximum Gasteiger partial charge on any atom is 0.305 e. The predicted molar refractivity (Wildman–Crippen MR) is 51.0 cm³/mol. The molecule has 80 valence electrons. The van der Waals surface area contributed by atoms with Gasteiger partial charge in [-0.2, -0.15) is 0 Å². The zero-order valence-corrected chi connectivity index (χ0v) is 8.17. The first kappa shape index (κ1) is 11.1. The number of nitrogens with zero attached hydrogens (tertiary/aromatic N) is 2. The highest BCUT2D eigenvalue weighted by atomic mass is 16.4. The molecular weight excluding hydrogens is 198 g/mol. The number of amides is 1. The first-order chi connectivity index (χ1) is 7.13. The number of carboxylic acid groups (broad SMARTS) is 1. The highest BCUT2D eigenvalue weighted by molar-refractivity contribution is 5.68. The normalized spacial score (nSPS) is 11.8. The number of carbonyl (C=O) groups excluding carboxylic acids is 1. The zero-order chi connectivity index (χ0) is 11.3. The topological polar surface area (TPSA) is 92.2 Å². The highest BCUT2D eigenvalue weighted by Crippen LogP contribution is 2.13. The summed E-state index contributed by atoms with van der Waals surface area (Å²) in [6.07, 6.45) is 1.79. The van der Waals surface area contributed by atoms with E-state index in [9.17, 15) is 9.59 Å². The summed E-state index contributed by atoms with van der Waals surface area (Å²) in [5, 5.41) is 11.0. The molecule has 1 aromatic heterocycles. The molecule has 6 heteroatoms. The third-order valence-corrected chi connectivity index (χ3v) is 1.80. The van der Waals surface area contributed by atoms with Crippen LogP contribution < -0.4 is 5.32 Å². The predicted octanol–water partition coefficient (Wildman–Crippen LogP) is 0.0468. The van der Waals surface area contributed by atoms with Crippen molar-refractivity contribution in [3.8, 4) is 0 Å². The average Bonchev–Trinajstić information content (AvgIpc) is 2.16. The second kappa shape index (κ2) is 5.04. The van der Waals surface area contributed by atoms with Crippen LogP contribution in [0.5, 0.6) is 0 Å². The molecule has 0 saturated carbocycles. The van der Waals surface area contributed by atoms with Crippen LogP contribution in [0.1, 0.15) is 24.0 Å². The van der Waals surface area contributed by atoms with E-state index in [0.29, 0.717) is 17.9 Å². The van der Waals surface area contributed by atoms with Crippen LogP contribution in [0.4, 0.5) is 0 Å². The lowest BCUT2D eigenvalue weighted by Gasteiger charge is -2.12. The van der Waals surface area contributed by atoms with E-state index < -0.39 is 12.0 Å². The molecule has 1 unspecified atom stereocenters. The summed E-state index contributed by atoms with van der Waals surface area (Å²) in [4.78, 5) is 28.8. The molecular formula is C9H11N3O3. The number of hydrogen-bond acceptors (Lipinski definition) is 4. The minimum atomic E-state index is -0.995. The Morgan fingerprint density at radius 3 is 3.00 bits per heavy atom. The molecule has 1 aromatic rings. The SMILES string of the molecule is Cc1nccc(C(CC(=O)O)NC=O)n1. The number of aromatic nitrogens is 2. The summed E-state index contributed by atoms with van der Waals surface area (Å²) in [5.74, 6) is -0.457. The van der Waals surface area contributed by atoms with Gasteiger partial charge in [-0.15, -0.1) is 0 Å². The number of aliphatic carboxylic acids is 1. The van der Waals surface area contributed by atoms with Crippen LogP contribution in [0.2, 0.25) is 0 Å². The molecule has 6 nitrogen and oxygen atoms in total. The van der Waals surface area contributed by atoms with Crippen molar-refractivity contribution in [3.63, 3.8) is 0 Å². The van der Waals surface area contributed by atoms with E-state index in [1.807, 2.05) is 0 Å². The van der Waals surface area contributed by atoms with Crippen molar-refractivity contribution in [1.29, 1.82) is 0 Å². The number of hydrogen-bond donors (Lipinski definition) is 2. The second-order valence-corrected chi connectivity index (χ2v) is 2.96. The minimum Gasteiger partial charge on any atom is -0.481 e. The Bertz CT molecular complexity index is 367. The molecule has 0 saturated heterocycles. The van der Waals surface area contributed by atoms with E-state index >= 15 is 0 Å². The zero-order valence-electron chi connectivity index (χ0n) is 8.17. The largest absolute Gasteiger partial charge is 0.481 e. The van der Waals surface area contributed by atoms with Gasteiger partial charge in [0, 0.05) is 6.20 Å². The van der Waals surface area contributed by atoms with Gasteiger partial charge in [-0.3, -0.25) is 9.59 Å². The molecule has 0 radical (unpaired) electrons. The van der Waals surface area contributed by atoms with E-state index in [4.69, 9.17) is 5.11 Å². The Kier molecular flexibility index (Phi) is 3.73. The van der Waals surface area contributed by atoms with E-state index in [-0.39, 0.29) is 6.42 Å². The molecule has 1 atom stereocenters. The maximum absolute atomic E-state index is 10.5. The molecule has 0 fully saturated rings. The Labute approximate surface area is 86.4 Å². The van der Waals surface area contributed by atoms with Crippen molar-refractivity contribution >= 4 is 12.4 Å². The lowest BCUT2D eigenvalue weighted by Crippen LogP contribution is -2.23. The van der Waals surface area contributed by atoms with Crippen molar-refractivity contribution in [1.82, 2.24) is 15.3 Å². The first-order valence-electron chi connectivity index (χ1n) is 4.34. The van der Waals surface area contributed by atoms with Crippen molar-refractivity contribution in [2.24, 2.45) is 0 Å². The number of rotatable bonds is 5. The molecule has 1 rings (SSSR count). The van der Waals surface area contributed by atoms with Gasteiger partial charge >= 0.3 is 5.97 Å². The average molecular weight is 209 g/mol. The molecule has 2 N–H and O–H groups in total. The van der Waals surface area contributed by atoms with Crippen LogP contribution in [-0.4, -0.2) is 27.5 Å². The van der Waals surface area contributed by atoms with Crippen LogP contribution in [0.15, 0.2) is 12.3 Å². The van der Waals surface area contributed by atoms with Gasteiger partial charge in [-0.1, -0.05) is 0 Å². The Morgan fingerprint density at radius 2 is 2.47 bits per heavy atom. The molecule has 0 spiro atoms. The standard InChI is InChI=1S/C9H11N3O3/c1-6-10-3-2-7(12-6)8(11-5-13)4-9(14)15/h2-3,5,8H,4H2,1H3,(H,11,13)(H,14,15). The number of aryl methyl sites for hydroxylation is 1. The van der Waals surface area contributed by atoms with Gasteiger partial charge in [0.1, 0.15) is 5.82 Å². The Morgan fingerprint density at radius 1 is 1.73 bits per heavy atom. The molecule has 0 bridgehead atoms. The maximum atomic E-state index is 10.5.